The molecule has 0 saturated carbocycles. The summed E-state index contributed by atoms with van der Waals surface area (Å²) in [4.78, 5) is 2.06. The van der Waals surface area contributed by atoms with E-state index in [2.05, 4.69) is 11.0 Å². The molecular weight excluding hydrogens is 228 g/mol. The number of hydrogen-bond acceptors (Lipinski definition) is 4. The lowest BCUT2D eigenvalue weighted by Crippen LogP contribution is -2.27. The fourth-order valence-corrected chi connectivity index (χ4v) is 1.93. The summed E-state index contributed by atoms with van der Waals surface area (Å²) in [5, 5.41) is 19.0. The summed E-state index contributed by atoms with van der Waals surface area (Å²) in [6.07, 6.45) is 0. The molecule has 4 nitrogen and oxygen atoms in total. The first-order valence-electron chi connectivity index (χ1n) is 6.27. The van der Waals surface area contributed by atoms with Gasteiger partial charge in [0.25, 0.3) is 0 Å². The maximum atomic E-state index is 9.65. The number of benzene rings is 1. The molecule has 4 heteroatoms. The molecule has 1 aromatic carbocycles. The molecule has 0 fully saturated rings. The molecule has 1 N–H and O–H groups in total. The van der Waals surface area contributed by atoms with Gasteiger partial charge in [-0.25, -0.2) is 0 Å². The normalized spacial score (nSPS) is 12.2. The van der Waals surface area contributed by atoms with Crippen molar-refractivity contribution < 1.29 is 9.84 Å². The second-order valence-corrected chi connectivity index (χ2v) is 3.91. The Morgan fingerprint density at radius 1 is 1.33 bits per heavy atom. The molecule has 0 radical (unpaired) electrons. The first kappa shape index (κ1) is 14.3. The molecule has 1 rings (SSSR count). The van der Waals surface area contributed by atoms with Crippen LogP contribution in [-0.2, 0) is 0 Å². The zero-order valence-electron chi connectivity index (χ0n) is 11.2. The SMILES string of the molecule is CCOc1cc(C(C#N)N(CC)CC)ccc1O. The van der Waals surface area contributed by atoms with Gasteiger partial charge in [-0.3, -0.25) is 4.90 Å². The van der Waals surface area contributed by atoms with Gasteiger partial charge in [0.05, 0.1) is 12.7 Å². The van der Waals surface area contributed by atoms with Gasteiger partial charge in [-0.2, -0.15) is 5.26 Å². The molecule has 0 aliphatic rings. The lowest BCUT2D eigenvalue weighted by atomic mass is 10.1. The van der Waals surface area contributed by atoms with E-state index < -0.39 is 0 Å². The average Bonchev–Trinajstić information content (AvgIpc) is 2.39. The molecule has 0 bridgehead atoms. The molecular formula is C14H20N2O2. The molecule has 0 aliphatic carbocycles. The van der Waals surface area contributed by atoms with Crippen LogP contribution in [0.3, 0.4) is 0 Å². The Labute approximate surface area is 108 Å². The maximum absolute atomic E-state index is 9.65. The molecule has 98 valence electrons. The third kappa shape index (κ3) is 3.14. The first-order chi connectivity index (χ1) is 8.67. The molecule has 1 atom stereocenters. The highest BCUT2D eigenvalue weighted by atomic mass is 16.5. The molecule has 18 heavy (non-hydrogen) atoms. The highest BCUT2D eigenvalue weighted by molar-refractivity contribution is 5.43. The highest BCUT2D eigenvalue weighted by Gasteiger charge is 2.18. The zero-order chi connectivity index (χ0) is 13.5. The molecule has 1 aromatic rings. The van der Waals surface area contributed by atoms with Crippen LogP contribution in [0.4, 0.5) is 0 Å². The van der Waals surface area contributed by atoms with Gasteiger partial charge in [0.1, 0.15) is 6.04 Å². The van der Waals surface area contributed by atoms with Gasteiger partial charge >= 0.3 is 0 Å². The van der Waals surface area contributed by atoms with E-state index in [1.54, 1.807) is 18.2 Å². The van der Waals surface area contributed by atoms with Gasteiger partial charge in [0.15, 0.2) is 11.5 Å². The van der Waals surface area contributed by atoms with Crippen LogP contribution in [0.1, 0.15) is 32.4 Å². The Morgan fingerprint density at radius 3 is 2.50 bits per heavy atom. The Morgan fingerprint density at radius 2 is 2.00 bits per heavy atom. The minimum atomic E-state index is -0.306. The minimum absolute atomic E-state index is 0.108. The van der Waals surface area contributed by atoms with E-state index in [-0.39, 0.29) is 11.8 Å². The van der Waals surface area contributed by atoms with Gasteiger partial charge in [-0.1, -0.05) is 19.9 Å². The molecule has 0 spiro atoms. The van der Waals surface area contributed by atoms with Crippen LogP contribution in [0.15, 0.2) is 18.2 Å². The van der Waals surface area contributed by atoms with Gasteiger partial charge in [-0.15, -0.1) is 0 Å². The molecule has 1 unspecified atom stereocenters. The topological polar surface area (TPSA) is 56.5 Å². The van der Waals surface area contributed by atoms with Crippen LogP contribution in [0.5, 0.6) is 11.5 Å². The van der Waals surface area contributed by atoms with Gasteiger partial charge in [-0.05, 0) is 37.7 Å². The number of ether oxygens (including phenoxy) is 1. The largest absolute Gasteiger partial charge is 0.504 e. The Balaban J connectivity index is 3.07. The number of aromatic hydroxyl groups is 1. The van der Waals surface area contributed by atoms with Crippen LogP contribution in [-0.4, -0.2) is 29.7 Å². The molecule has 0 heterocycles. The summed E-state index contributed by atoms with van der Waals surface area (Å²) in [6.45, 7) is 8.01. The van der Waals surface area contributed by atoms with Crippen molar-refractivity contribution >= 4 is 0 Å². The summed E-state index contributed by atoms with van der Waals surface area (Å²) in [6, 6.07) is 7.08. The van der Waals surface area contributed by atoms with E-state index in [9.17, 15) is 10.4 Å². The van der Waals surface area contributed by atoms with Crippen LogP contribution in [0.2, 0.25) is 0 Å². The third-order valence-electron chi connectivity index (χ3n) is 2.90. The highest BCUT2D eigenvalue weighted by Crippen LogP contribution is 2.31. The van der Waals surface area contributed by atoms with E-state index in [1.807, 2.05) is 20.8 Å². The Hall–Kier alpha value is -1.73. The molecule has 0 aromatic heterocycles. The fraction of sp³-hybridized carbons (Fsp3) is 0.500. The smallest absolute Gasteiger partial charge is 0.161 e. The van der Waals surface area contributed by atoms with E-state index in [0.717, 1.165) is 18.7 Å². The summed E-state index contributed by atoms with van der Waals surface area (Å²) < 4.78 is 5.34. The second kappa shape index (κ2) is 6.87. The van der Waals surface area contributed by atoms with Crippen molar-refractivity contribution in [2.45, 2.75) is 26.8 Å². The maximum Gasteiger partial charge on any atom is 0.161 e. The van der Waals surface area contributed by atoms with E-state index in [0.29, 0.717) is 12.4 Å². The van der Waals surface area contributed by atoms with E-state index in [1.165, 1.54) is 0 Å². The molecule has 0 amide bonds. The summed E-state index contributed by atoms with van der Waals surface area (Å²) >= 11 is 0. The van der Waals surface area contributed by atoms with Crippen molar-refractivity contribution in [3.63, 3.8) is 0 Å². The number of nitrogens with zero attached hydrogens (tertiary/aromatic N) is 2. The van der Waals surface area contributed by atoms with Crippen molar-refractivity contribution in [3.05, 3.63) is 23.8 Å². The standard InChI is InChI=1S/C14H20N2O2/c1-4-16(5-2)12(10-15)11-7-8-13(17)14(9-11)18-6-3/h7-9,12,17H,4-6H2,1-3H3. The third-order valence-corrected chi connectivity index (χ3v) is 2.90. The second-order valence-electron chi connectivity index (χ2n) is 3.91. The number of nitriles is 1. The molecule has 0 saturated heterocycles. The van der Waals surface area contributed by atoms with Gasteiger partial charge in [0, 0.05) is 0 Å². The van der Waals surface area contributed by atoms with Crippen LogP contribution < -0.4 is 4.74 Å². The summed E-state index contributed by atoms with van der Waals surface area (Å²) in [5.41, 5.74) is 0.849. The van der Waals surface area contributed by atoms with Crippen LogP contribution in [0.25, 0.3) is 0 Å². The monoisotopic (exact) mass is 248 g/mol. The first-order valence-corrected chi connectivity index (χ1v) is 6.27. The summed E-state index contributed by atoms with van der Waals surface area (Å²) in [7, 11) is 0. The molecule has 0 aliphatic heterocycles. The van der Waals surface area contributed by atoms with Gasteiger partial charge in [0.2, 0.25) is 0 Å². The average molecular weight is 248 g/mol. The minimum Gasteiger partial charge on any atom is -0.504 e. The van der Waals surface area contributed by atoms with Crippen molar-refractivity contribution in [1.29, 1.82) is 5.26 Å². The van der Waals surface area contributed by atoms with Crippen molar-refractivity contribution in [2.75, 3.05) is 19.7 Å². The van der Waals surface area contributed by atoms with E-state index >= 15 is 0 Å². The van der Waals surface area contributed by atoms with Crippen LogP contribution >= 0.6 is 0 Å². The van der Waals surface area contributed by atoms with Gasteiger partial charge < -0.3 is 9.84 Å². The van der Waals surface area contributed by atoms with Crippen molar-refractivity contribution in [2.24, 2.45) is 0 Å². The van der Waals surface area contributed by atoms with E-state index in [4.69, 9.17) is 4.74 Å². The lowest BCUT2D eigenvalue weighted by Gasteiger charge is -2.24. The number of rotatable bonds is 6. The predicted molar refractivity (Wildman–Crippen MR) is 70.6 cm³/mol. The quantitative estimate of drug-likeness (QED) is 0.841. The van der Waals surface area contributed by atoms with Crippen LogP contribution in [0, 0.1) is 11.3 Å². The van der Waals surface area contributed by atoms with Crippen molar-refractivity contribution in [1.82, 2.24) is 4.90 Å². The summed E-state index contributed by atoms with van der Waals surface area (Å²) in [5.74, 6) is 0.541. The predicted octanol–water partition coefficient (Wildman–Crippen LogP) is 2.70. The number of phenolic OH excluding ortho intramolecular Hbond substituents is 1. The zero-order valence-corrected chi connectivity index (χ0v) is 11.2. The fourth-order valence-electron chi connectivity index (χ4n) is 1.93. The number of hydrogen-bond donors (Lipinski definition) is 1. The lowest BCUT2D eigenvalue weighted by molar-refractivity contribution is 0.261. The number of phenols is 1. The Kier molecular flexibility index (Phi) is 5.47. The Bertz CT molecular complexity index is 422. The van der Waals surface area contributed by atoms with Crippen molar-refractivity contribution in [3.8, 4) is 17.6 Å².